The first-order valence-corrected chi connectivity index (χ1v) is 7.93. The van der Waals surface area contributed by atoms with Crippen LogP contribution in [-0.4, -0.2) is 21.6 Å². The average molecular weight is 341 g/mol. The molecule has 2 aromatic rings. The number of hydrogen-bond donors (Lipinski definition) is 1. The maximum absolute atomic E-state index is 12.9. The fraction of sp³-hybridized carbons (Fsp3) is 0.267. The van der Waals surface area contributed by atoms with E-state index in [0.29, 0.717) is 0 Å². The van der Waals surface area contributed by atoms with Crippen molar-refractivity contribution in [3.8, 4) is 0 Å². The van der Waals surface area contributed by atoms with Gasteiger partial charge in [0.1, 0.15) is 5.82 Å². The molecule has 23 heavy (non-hydrogen) atoms. The molecule has 8 heteroatoms. The summed E-state index contributed by atoms with van der Waals surface area (Å²) in [6, 6.07) is 5.81. The summed E-state index contributed by atoms with van der Waals surface area (Å²) in [4.78, 5) is 19.3. The number of carbonyl (C=O) groups is 1. The molecule has 0 saturated heterocycles. The van der Waals surface area contributed by atoms with Crippen LogP contribution in [0.2, 0.25) is 0 Å². The first kappa shape index (κ1) is 17.3. The fourth-order valence-electron chi connectivity index (χ4n) is 1.85. The van der Waals surface area contributed by atoms with Crippen molar-refractivity contribution in [2.75, 3.05) is 11.1 Å². The number of alkyl halides is 3. The molecule has 4 nitrogen and oxygen atoms in total. The molecular formula is C15H14F3N3OS. The zero-order valence-corrected chi connectivity index (χ0v) is 13.0. The van der Waals surface area contributed by atoms with Gasteiger partial charge in [-0.1, -0.05) is 6.92 Å². The molecule has 2 aromatic heterocycles. The Labute approximate surface area is 135 Å². The summed E-state index contributed by atoms with van der Waals surface area (Å²) in [5, 5.41) is 2.39. The largest absolute Gasteiger partial charge is 0.434 e. The Kier molecular flexibility index (Phi) is 5.59. The minimum Gasteiger partial charge on any atom is -0.306 e. The monoisotopic (exact) mass is 341 g/mol. The van der Waals surface area contributed by atoms with Crippen molar-refractivity contribution in [2.24, 2.45) is 0 Å². The molecule has 0 aliphatic carbocycles. The second kappa shape index (κ2) is 7.45. The van der Waals surface area contributed by atoms with E-state index < -0.39 is 23.3 Å². The maximum Gasteiger partial charge on any atom is 0.434 e. The van der Waals surface area contributed by atoms with Crippen molar-refractivity contribution >= 4 is 23.5 Å². The third kappa shape index (κ3) is 4.69. The van der Waals surface area contributed by atoms with Gasteiger partial charge in [-0.2, -0.15) is 24.9 Å². The second-order valence-corrected chi connectivity index (χ2v) is 5.81. The lowest BCUT2D eigenvalue weighted by molar-refractivity contribution is -0.141. The molecular weight excluding hydrogens is 327 g/mol. The minimum atomic E-state index is -4.69. The molecule has 0 aliphatic heterocycles. The molecule has 2 rings (SSSR count). The van der Waals surface area contributed by atoms with E-state index in [-0.39, 0.29) is 5.82 Å². The van der Waals surface area contributed by atoms with Crippen LogP contribution in [0.5, 0.6) is 0 Å². The lowest BCUT2D eigenvalue weighted by Gasteiger charge is -2.11. The molecule has 122 valence electrons. The third-order valence-electron chi connectivity index (χ3n) is 2.86. The molecule has 2 heterocycles. The van der Waals surface area contributed by atoms with Crippen LogP contribution in [0.15, 0.2) is 36.7 Å². The van der Waals surface area contributed by atoms with Gasteiger partial charge in [0.05, 0.1) is 5.56 Å². The Balaban J connectivity index is 2.20. The predicted molar refractivity (Wildman–Crippen MR) is 83.3 cm³/mol. The summed E-state index contributed by atoms with van der Waals surface area (Å²) in [5.41, 5.74) is -0.810. The van der Waals surface area contributed by atoms with Crippen molar-refractivity contribution in [2.45, 2.75) is 18.9 Å². The van der Waals surface area contributed by atoms with Crippen molar-refractivity contribution in [1.82, 2.24) is 9.97 Å². The van der Waals surface area contributed by atoms with E-state index in [1.54, 1.807) is 23.9 Å². The van der Waals surface area contributed by atoms with Crippen molar-refractivity contribution in [3.63, 3.8) is 0 Å². The lowest BCUT2D eigenvalue weighted by atomic mass is 10.1. The first-order chi connectivity index (χ1) is 10.9. The van der Waals surface area contributed by atoms with E-state index in [1.807, 2.05) is 6.92 Å². The molecule has 0 spiro atoms. The molecule has 0 fully saturated rings. The van der Waals surface area contributed by atoms with Gasteiger partial charge in [0, 0.05) is 18.1 Å². The number of thioether (sulfide) groups is 1. The molecule has 0 radical (unpaired) electrons. The van der Waals surface area contributed by atoms with Crippen LogP contribution in [0.25, 0.3) is 0 Å². The minimum absolute atomic E-state index is 0.209. The molecule has 0 unspecified atom stereocenters. The molecule has 0 aromatic carbocycles. The Morgan fingerprint density at radius 2 is 2.04 bits per heavy atom. The van der Waals surface area contributed by atoms with Crippen molar-refractivity contribution in [1.29, 1.82) is 0 Å². The van der Waals surface area contributed by atoms with Gasteiger partial charge >= 0.3 is 6.18 Å². The van der Waals surface area contributed by atoms with Gasteiger partial charge in [-0.25, -0.2) is 4.98 Å². The molecule has 0 atom stereocenters. The zero-order chi connectivity index (χ0) is 16.9. The Bertz CT molecular complexity index is 692. The summed E-state index contributed by atoms with van der Waals surface area (Å²) in [6.07, 6.45) is -2.18. The number of carbonyl (C=O) groups excluding carboxylic acids is 1. The summed E-state index contributed by atoms with van der Waals surface area (Å²) in [5.74, 6) is 0.997. The highest BCUT2D eigenvalue weighted by Gasteiger charge is 2.36. The number of rotatable bonds is 5. The van der Waals surface area contributed by atoms with Gasteiger partial charge in [-0.3, -0.25) is 9.78 Å². The quantitative estimate of drug-likeness (QED) is 0.893. The molecule has 1 amide bonds. The van der Waals surface area contributed by atoms with Crippen LogP contribution in [0.3, 0.4) is 0 Å². The molecule has 0 aliphatic rings. The van der Waals surface area contributed by atoms with Gasteiger partial charge in [0.15, 0.2) is 5.69 Å². The second-order valence-electron chi connectivity index (χ2n) is 4.54. The SMILES string of the molecule is CCSCc1ccnc(NC(=O)c2cccnc2C(F)(F)F)c1. The Morgan fingerprint density at radius 3 is 2.74 bits per heavy atom. The molecule has 0 bridgehead atoms. The topological polar surface area (TPSA) is 54.9 Å². The van der Waals surface area contributed by atoms with Crippen LogP contribution in [0, 0.1) is 0 Å². The van der Waals surface area contributed by atoms with E-state index in [4.69, 9.17) is 0 Å². The van der Waals surface area contributed by atoms with Crippen molar-refractivity contribution in [3.05, 3.63) is 53.5 Å². The number of pyridine rings is 2. The number of amides is 1. The van der Waals surface area contributed by atoms with E-state index in [1.165, 1.54) is 12.3 Å². The highest BCUT2D eigenvalue weighted by atomic mass is 32.2. The molecule has 1 N–H and O–H groups in total. The summed E-state index contributed by atoms with van der Waals surface area (Å²) in [7, 11) is 0. The van der Waals surface area contributed by atoms with Gasteiger partial charge in [0.25, 0.3) is 5.91 Å². The van der Waals surface area contributed by atoms with Gasteiger partial charge in [-0.15, -0.1) is 0 Å². The summed E-state index contributed by atoms with van der Waals surface area (Å²) < 4.78 is 38.7. The normalized spacial score (nSPS) is 11.3. The average Bonchev–Trinajstić information content (AvgIpc) is 2.52. The van der Waals surface area contributed by atoms with Gasteiger partial charge in [0.2, 0.25) is 0 Å². The number of hydrogen-bond acceptors (Lipinski definition) is 4. The fourth-order valence-corrected chi connectivity index (χ4v) is 2.47. The standard InChI is InChI=1S/C15H14F3N3OS/c1-2-23-9-10-5-7-19-12(8-10)21-14(22)11-4-3-6-20-13(11)15(16,17)18/h3-8H,2,9H2,1H3,(H,19,21,22). The zero-order valence-electron chi connectivity index (χ0n) is 12.2. The van der Waals surface area contributed by atoms with Crippen LogP contribution in [-0.2, 0) is 11.9 Å². The van der Waals surface area contributed by atoms with E-state index >= 15 is 0 Å². The summed E-state index contributed by atoms with van der Waals surface area (Å²) >= 11 is 1.69. The number of nitrogens with zero attached hydrogens (tertiary/aromatic N) is 2. The number of halogens is 3. The van der Waals surface area contributed by atoms with Crippen LogP contribution < -0.4 is 5.32 Å². The smallest absolute Gasteiger partial charge is 0.306 e. The molecule has 0 saturated carbocycles. The van der Waals surface area contributed by atoms with E-state index in [2.05, 4.69) is 15.3 Å². The predicted octanol–water partition coefficient (Wildman–Crippen LogP) is 4.00. The van der Waals surface area contributed by atoms with Crippen LogP contribution >= 0.6 is 11.8 Å². The Hall–Kier alpha value is -2.09. The summed E-state index contributed by atoms with van der Waals surface area (Å²) in [6.45, 7) is 2.02. The highest BCUT2D eigenvalue weighted by Crippen LogP contribution is 2.30. The van der Waals surface area contributed by atoms with E-state index in [0.717, 1.165) is 29.3 Å². The maximum atomic E-state index is 12.9. The Morgan fingerprint density at radius 1 is 1.26 bits per heavy atom. The number of anilines is 1. The van der Waals surface area contributed by atoms with Crippen LogP contribution in [0.4, 0.5) is 19.0 Å². The third-order valence-corrected chi connectivity index (χ3v) is 3.81. The lowest BCUT2D eigenvalue weighted by Crippen LogP contribution is -2.20. The van der Waals surface area contributed by atoms with Gasteiger partial charge < -0.3 is 5.32 Å². The van der Waals surface area contributed by atoms with Crippen molar-refractivity contribution < 1.29 is 18.0 Å². The van der Waals surface area contributed by atoms with E-state index in [9.17, 15) is 18.0 Å². The number of aromatic nitrogens is 2. The highest BCUT2D eigenvalue weighted by molar-refractivity contribution is 7.98. The first-order valence-electron chi connectivity index (χ1n) is 6.78. The number of nitrogens with one attached hydrogen (secondary N) is 1. The van der Waals surface area contributed by atoms with Crippen LogP contribution in [0.1, 0.15) is 28.5 Å². The van der Waals surface area contributed by atoms with Gasteiger partial charge in [-0.05, 0) is 35.6 Å².